The zero-order valence-electron chi connectivity index (χ0n) is 9.87. The van der Waals surface area contributed by atoms with Crippen LogP contribution in [0.2, 0.25) is 0 Å². The van der Waals surface area contributed by atoms with E-state index in [-0.39, 0.29) is 0 Å². The molecule has 0 unspecified atom stereocenters. The van der Waals surface area contributed by atoms with Crippen molar-refractivity contribution in [3.8, 4) is 0 Å². The molecule has 0 bridgehead atoms. The van der Waals surface area contributed by atoms with E-state index >= 15 is 0 Å². The second-order valence-corrected chi connectivity index (χ2v) is 4.37. The molecule has 0 saturated carbocycles. The number of fused-ring (bicyclic) bond motifs is 1. The van der Waals surface area contributed by atoms with E-state index in [1.54, 1.807) is 6.26 Å². The number of anilines is 1. The standard InChI is InChI=1S/C13H14N2O3/c16-13(17)15-7-5-14(6-8-15)11-2-1-3-12-10(11)4-9-18-12/h1-4,9H,5-8H2,(H,16,17). The minimum Gasteiger partial charge on any atom is -0.465 e. The molecule has 3 rings (SSSR count). The quantitative estimate of drug-likeness (QED) is 0.838. The van der Waals surface area contributed by atoms with E-state index in [1.165, 1.54) is 4.90 Å². The molecule has 1 fully saturated rings. The zero-order valence-corrected chi connectivity index (χ0v) is 9.87. The van der Waals surface area contributed by atoms with Crippen molar-refractivity contribution in [1.82, 2.24) is 4.90 Å². The summed E-state index contributed by atoms with van der Waals surface area (Å²) in [5.41, 5.74) is 1.99. The van der Waals surface area contributed by atoms with Gasteiger partial charge in [0.1, 0.15) is 5.58 Å². The summed E-state index contributed by atoms with van der Waals surface area (Å²) < 4.78 is 5.38. The van der Waals surface area contributed by atoms with Gasteiger partial charge in [-0.25, -0.2) is 4.79 Å². The molecule has 1 N–H and O–H groups in total. The second-order valence-electron chi connectivity index (χ2n) is 4.37. The number of hydrogen-bond donors (Lipinski definition) is 1. The SMILES string of the molecule is O=C(O)N1CCN(c2cccc3occc23)CC1. The molecule has 1 amide bonds. The molecule has 5 nitrogen and oxygen atoms in total. The predicted molar refractivity (Wildman–Crippen MR) is 68.0 cm³/mol. The van der Waals surface area contributed by atoms with Crippen LogP contribution in [0.15, 0.2) is 34.9 Å². The van der Waals surface area contributed by atoms with Gasteiger partial charge in [-0.3, -0.25) is 0 Å². The van der Waals surface area contributed by atoms with Gasteiger partial charge in [-0.05, 0) is 18.2 Å². The number of rotatable bonds is 1. The van der Waals surface area contributed by atoms with E-state index in [9.17, 15) is 4.79 Å². The molecular weight excluding hydrogens is 232 g/mol. The average molecular weight is 246 g/mol. The Morgan fingerprint density at radius 2 is 1.94 bits per heavy atom. The first-order valence-electron chi connectivity index (χ1n) is 5.95. The number of piperazine rings is 1. The highest BCUT2D eigenvalue weighted by Gasteiger charge is 2.21. The van der Waals surface area contributed by atoms with E-state index in [0.717, 1.165) is 29.7 Å². The lowest BCUT2D eigenvalue weighted by molar-refractivity contribution is 0.142. The Morgan fingerprint density at radius 3 is 2.67 bits per heavy atom. The van der Waals surface area contributed by atoms with Gasteiger partial charge < -0.3 is 19.3 Å². The lowest BCUT2D eigenvalue weighted by Crippen LogP contribution is -2.48. The largest absolute Gasteiger partial charge is 0.465 e. The number of benzene rings is 1. The van der Waals surface area contributed by atoms with E-state index < -0.39 is 6.09 Å². The van der Waals surface area contributed by atoms with Gasteiger partial charge in [-0.2, -0.15) is 0 Å². The monoisotopic (exact) mass is 246 g/mol. The van der Waals surface area contributed by atoms with Crippen LogP contribution in [0.4, 0.5) is 10.5 Å². The summed E-state index contributed by atoms with van der Waals surface area (Å²) in [7, 11) is 0. The summed E-state index contributed by atoms with van der Waals surface area (Å²) in [6, 6.07) is 7.90. The van der Waals surface area contributed by atoms with Crippen molar-refractivity contribution in [1.29, 1.82) is 0 Å². The summed E-state index contributed by atoms with van der Waals surface area (Å²) in [6.45, 7) is 2.53. The predicted octanol–water partition coefficient (Wildman–Crippen LogP) is 2.23. The van der Waals surface area contributed by atoms with E-state index in [0.29, 0.717) is 13.1 Å². The van der Waals surface area contributed by atoms with Crippen molar-refractivity contribution < 1.29 is 14.3 Å². The van der Waals surface area contributed by atoms with Gasteiger partial charge >= 0.3 is 6.09 Å². The Hall–Kier alpha value is -2.17. The molecule has 0 aliphatic carbocycles. The maximum Gasteiger partial charge on any atom is 0.407 e. The summed E-state index contributed by atoms with van der Waals surface area (Å²) >= 11 is 0. The number of carboxylic acid groups (broad SMARTS) is 1. The van der Waals surface area contributed by atoms with Crippen LogP contribution in [0.25, 0.3) is 11.0 Å². The Morgan fingerprint density at radius 1 is 1.17 bits per heavy atom. The fourth-order valence-corrected chi connectivity index (χ4v) is 2.39. The van der Waals surface area contributed by atoms with Crippen molar-refractivity contribution in [2.45, 2.75) is 0 Å². The Kier molecular flexibility index (Phi) is 2.59. The van der Waals surface area contributed by atoms with Crippen LogP contribution in [0.1, 0.15) is 0 Å². The van der Waals surface area contributed by atoms with Crippen LogP contribution < -0.4 is 4.90 Å². The minimum atomic E-state index is -0.837. The van der Waals surface area contributed by atoms with Crippen LogP contribution in [0.5, 0.6) is 0 Å². The maximum atomic E-state index is 10.9. The van der Waals surface area contributed by atoms with Gasteiger partial charge in [-0.15, -0.1) is 0 Å². The fourth-order valence-electron chi connectivity index (χ4n) is 2.39. The molecule has 0 atom stereocenters. The lowest BCUT2D eigenvalue weighted by atomic mass is 10.2. The van der Waals surface area contributed by atoms with E-state index in [4.69, 9.17) is 9.52 Å². The van der Waals surface area contributed by atoms with E-state index in [2.05, 4.69) is 4.90 Å². The van der Waals surface area contributed by atoms with Gasteiger partial charge in [0.25, 0.3) is 0 Å². The molecule has 0 radical (unpaired) electrons. The first-order valence-corrected chi connectivity index (χ1v) is 5.95. The third-order valence-electron chi connectivity index (χ3n) is 3.36. The highest BCUT2D eigenvalue weighted by atomic mass is 16.4. The zero-order chi connectivity index (χ0) is 12.5. The molecule has 1 saturated heterocycles. The van der Waals surface area contributed by atoms with Gasteiger partial charge in [0, 0.05) is 37.3 Å². The first-order chi connectivity index (χ1) is 8.75. The van der Waals surface area contributed by atoms with Gasteiger partial charge in [0.05, 0.1) is 6.26 Å². The number of amides is 1. The van der Waals surface area contributed by atoms with Crippen molar-refractivity contribution in [2.24, 2.45) is 0 Å². The Balaban J connectivity index is 1.84. The van der Waals surface area contributed by atoms with Gasteiger partial charge in [0.2, 0.25) is 0 Å². The molecule has 5 heteroatoms. The third kappa shape index (κ3) is 1.77. The molecule has 0 spiro atoms. The van der Waals surface area contributed by atoms with Crippen LogP contribution in [-0.4, -0.2) is 42.3 Å². The number of nitrogens with zero attached hydrogens (tertiary/aromatic N) is 2. The Labute approximate surface area is 104 Å². The number of carbonyl (C=O) groups is 1. The van der Waals surface area contributed by atoms with Crippen molar-refractivity contribution in [2.75, 3.05) is 31.1 Å². The van der Waals surface area contributed by atoms with Gasteiger partial charge in [-0.1, -0.05) is 6.07 Å². The summed E-state index contributed by atoms with van der Waals surface area (Å²) in [5.74, 6) is 0. The molecule has 1 aromatic heterocycles. The third-order valence-corrected chi connectivity index (χ3v) is 3.36. The van der Waals surface area contributed by atoms with Crippen molar-refractivity contribution in [3.05, 3.63) is 30.5 Å². The average Bonchev–Trinajstić information content (AvgIpc) is 2.87. The second kappa shape index (κ2) is 4.25. The molecule has 1 aliphatic rings. The summed E-state index contributed by atoms with van der Waals surface area (Å²) in [5, 5.41) is 10.0. The Bertz CT molecular complexity index is 570. The maximum absolute atomic E-state index is 10.9. The summed E-state index contributed by atoms with van der Waals surface area (Å²) in [6.07, 6.45) is 0.845. The van der Waals surface area contributed by atoms with Crippen LogP contribution >= 0.6 is 0 Å². The van der Waals surface area contributed by atoms with Crippen molar-refractivity contribution in [3.63, 3.8) is 0 Å². The van der Waals surface area contributed by atoms with Crippen LogP contribution in [0, 0.1) is 0 Å². The number of hydrogen-bond acceptors (Lipinski definition) is 3. The molecule has 94 valence electrons. The molecule has 1 aromatic carbocycles. The first kappa shape index (κ1) is 11.0. The fraction of sp³-hybridized carbons (Fsp3) is 0.308. The van der Waals surface area contributed by atoms with Crippen LogP contribution in [-0.2, 0) is 0 Å². The minimum absolute atomic E-state index is 0.545. The molecular formula is C13H14N2O3. The summed E-state index contributed by atoms with van der Waals surface area (Å²) in [4.78, 5) is 14.5. The molecule has 2 heterocycles. The normalized spacial score (nSPS) is 16.2. The topological polar surface area (TPSA) is 56.9 Å². The number of furan rings is 1. The molecule has 1 aliphatic heterocycles. The van der Waals surface area contributed by atoms with Crippen molar-refractivity contribution >= 4 is 22.7 Å². The smallest absolute Gasteiger partial charge is 0.407 e. The molecule has 2 aromatic rings. The van der Waals surface area contributed by atoms with Crippen LogP contribution in [0.3, 0.4) is 0 Å². The highest BCUT2D eigenvalue weighted by molar-refractivity contribution is 5.91. The lowest BCUT2D eigenvalue weighted by Gasteiger charge is -2.34. The van der Waals surface area contributed by atoms with Gasteiger partial charge in [0.15, 0.2) is 0 Å². The molecule has 18 heavy (non-hydrogen) atoms. The van der Waals surface area contributed by atoms with E-state index in [1.807, 2.05) is 24.3 Å². The highest BCUT2D eigenvalue weighted by Crippen LogP contribution is 2.28.